The van der Waals surface area contributed by atoms with Gasteiger partial charge in [-0.1, -0.05) is 0 Å². The van der Waals surface area contributed by atoms with Gasteiger partial charge in [-0.15, -0.1) is 5.10 Å². The van der Waals surface area contributed by atoms with Gasteiger partial charge in [0.25, 0.3) is 0 Å². The summed E-state index contributed by atoms with van der Waals surface area (Å²) in [6, 6.07) is 5.39. The number of hydrogen-bond acceptors (Lipinski definition) is 6. The number of nitrogen functional groups attached to an aromatic ring is 1. The topological polar surface area (TPSA) is 88.1 Å². The van der Waals surface area contributed by atoms with E-state index in [0.717, 1.165) is 5.56 Å². The molecule has 108 valence electrons. The SMILES string of the molecule is COCC(C)(C)n1nnnc1-c1ccc(N)cc1OC. The fourth-order valence-corrected chi connectivity index (χ4v) is 2.07. The summed E-state index contributed by atoms with van der Waals surface area (Å²) < 4.78 is 12.3. The van der Waals surface area contributed by atoms with Gasteiger partial charge in [-0.25, -0.2) is 4.68 Å². The van der Waals surface area contributed by atoms with Crippen LogP contribution in [0.25, 0.3) is 11.4 Å². The molecule has 1 aromatic heterocycles. The van der Waals surface area contributed by atoms with E-state index in [1.54, 1.807) is 31.0 Å². The fourth-order valence-electron chi connectivity index (χ4n) is 2.07. The summed E-state index contributed by atoms with van der Waals surface area (Å²) in [5.41, 5.74) is 6.81. The highest BCUT2D eigenvalue weighted by molar-refractivity contribution is 5.67. The highest BCUT2D eigenvalue weighted by Crippen LogP contribution is 2.32. The standard InChI is InChI=1S/C13H19N5O2/c1-13(2,8-19-3)18-12(15-16-17-18)10-6-5-9(14)7-11(10)20-4/h5-7H,8,14H2,1-4H3. The van der Waals surface area contributed by atoms with Crippen LogP contribution in [0.15, 0.2) is 18.2 Å². The molecule has 0 bridgehead atoms. The Kier molecular flexibility index (Phi) is 3.89. The molecule has 0 radical (unpaired) electrons. The second-order valence-corrected chi connectivity index (χ2v) is 5.12. The maximum absolute atomic E-state index is 5.77. The van der Waals surface area contributed by atoms with Crippen LogP contribution in [0, 0.1) is 0 Å². The second kappa shape index (κ2) is 5.46. The number of nitrogens with two attached hydrogens (primary N) is 1. The quantitative estimate of drug-likeness (QED) is 0.829. The molecule has 0 amide bonds. The van der Waals surface area contributed by atoms with E-state index in [-0.39, 0.29) is 5.54 Å². The van der Waals surface area contributed by atoms with Crippen molar-refractivity contribution in [2.75, 3.05) is 26.6 Å². The normalized spacial score (nSPS) is 11.6. The summed E-state index contributed by atoms with van der Waals surface area (Å²) in [6.07, 6.45) is 0. The molecule has 2 aromatic rings. The minimum Gasteiger partial charge on any atom is -0.496 e. The Labute approximate surface area is 117 Å². The van der Waals surface area contributed by atoms with Gasteiger partial charge in [-0.05, 0) is 36.4 Å². The predicted molar refractivity (Wildman–Crippen MR) is 75.4 cm³/mol. The number of benzene rings is 1. The van der Waals surface area contributed by atoms with Gasteiger partial charge in [-0.3, -0.25) is 0 Å². The monoisotopic (exact) mass is 277 g/mol. The second-order valence-electron chi connectivity index (χ2n) is 5.12. The molecule has 0 fully saturated rings. The Hall–Kier alpha value is -2.15. The van der Waals surface area contributed by atoms with Crippen molar-refractivity contribution < 1.29 is 9.47 Å². The van der Waals surface area contributed by atoms with Crippen LogP contribution in [-0.4, -0.2) is 41.0 Å². The molecule has 0 atom stereocenters. The first-order valence-electron chi connectivity index (χ1n) is 6.21. The number of hydrogen-bond donors (Lipinski definition) is 1. The number of rotatable bonds is 5. The molecule has 7 heteroatoms. The summed E-state index contributed by atoms with van der Waals surface area (Å²) in [5.74, 6) is 1.25. The first-order chi connectivity index (χ1) is 9.49. The summed E-state index contributed by atoms with van der Waals surface area (Å²) >= 11 is 0. The third kappa shape index (κ3) is 2.57. The molecule has 1 aromatic carbocycles. The van der Waals surface area contributed by atoms with Crippen molar-refractivity contribution in [2.24, 2.45) is 0 Å². The highest BCUT2D eigenvalue weighted by Gasteiger charge is 2.27. The molecule has 1 heterocycles. The Morgan fingerprint density at radius 3 is 2.70 bits per heavy atom. The zero-order chi connectivity index (χ0) is 14.8. The van der Waals surface area contributed by atoms with E-state index < -0.39 is 0 Å². The minimum absolute atomic E-state index is 0.375. The Balaban J connectivity index is 2.53. The van der Waals surface area contributed by atoms with Crippen LogP contribution in [0.1, 0.15) is 13.8 Å². The van der Waals surface area contributed by atoms with E-state index in [2.05, 4.69) is 15.5 Å². The lowest BCUT2D eigenvalue weighted by molar-refractivity contribution is 0.101. The van der Waals surface area contributed by atoms with Gasteiger partial charge in [0.05, 0.1) is 24.8 Å². The number of aromatic nitrogens is 4. The zero-order valence-corrected chi connectivity index (χ0v) is 12.1. The number of nitrogens with zero attached hydrogens (tertiary/aromatic N) is 4. The molecule has 0 saturated carbocycles. The molecule has 2 N–H and O–H groups in total. The summed E-state index contributed by atoms with van der Waals surface area (Å²) in [4.78, 5) is 0. The lowest BCUT2D eigenvalue weighted by atomic mass is 10.1. The van der Waals surface area contributed by atoms with Crippen LogP contribution in [0.2, 0.25) is 0 Å². The van der Waals surface area contributed by atoms with Gasteiger partial charge in [0, 0.05) is 18.9 Å². The number of anilines is 1. The zero-order valence-electron chi connectivity index (χ0n) is 12.1. The van der Waals surface area contributed by atoms with Crippen molar-refractivity contribution in [2.45, 2.75) is 19.4 Å². The molecule has 0 aliphatic carbocycles. The lowest BCUT2D eigenvalue weighted by Gasteiger charge is -2.25. The van der Waals surface area contributed by atoms with E-state index in [4.69, 9.17) is 15.2 Å². The van der Waals surface area contributed by atoms with E-state index in [9.17, 15) is 0 Å². The van der Waals surface area contributed by atoms with Gasteiger partial charge < -0.3 is 15.2 Å². The van der Waals surface area contributed by atoms with Crippen molar-refractivity contribution in [3.05, 3.63) is 18.2 Å². The van der Waals surface area contributed by atoms with Crippen molar-refractivity contribution >= 4 is 5.69 Å². The first kappa shape index (κ1) is 14.3. The van der Waals surface area contributed by atoms with Gasteiger partial charge in [0.15, 0.2) is 5.82 Å². The minimum atomic E-state index is -0.375. The Bertz CT molecular complexity index is 594. The van der Waals surface area contributed by atoms with Crippen molar-refractivity contribution in [3.8, 4) is 17.1 Å². The van der Waals surface area contributed by atoms with Crippen LogP contribution in [0.3, 0.4) is 0 Å². The first-order valence-corrected chi connectivity index (χ1v) is 6.21. The molecule has 0 aliphatic rings. The van der Waals surface area contributed by atoms with Crippen LogP contribution < -0.4 is 10.5 Å². The Morgan fingerprint density at radius 2 is 2.05 bits per heavy atom. The van der Waals surface area contributed by atoms with Crippen molar-refractivity contribution in [1.29, 1.82) is 0 Å². The van der Waals surface area contributed by atoms with Crippen molar-refractivity contribution in [1.82, 2.24) is 20.2 Å². The molecule has 0 spiro atoms. The van der Waals surface area contributed by atoms with Crippen LogP contribution in [0.4, 0.5) is 5.69 Å². The van der Waals surface area contributed by atoms with E-state index in [0.29, 0.717) is 23.9 Å². The van der Waals surface area contributed by atoms with Crippen LogP contribution >= 0.6 is 0 Å². The third-order valence-corrected chi connectivity index (χ3v) is 3.01. The molecule has 20 heavy (non-hydrogen) atoms. The summed E-state index contributed by atoms with van der Waals surface area (Å²) in [6.45, 7) is 4.49. The van der Waals surface area contributed by atoms with Gasteiger partial charge in [0.2, 0.25) is 0 Å². The average Bonchev–Trinajstić information content (AvgIpc) is 2.88. The predicted octanol–water partition coefficient (Wildman–Crippen LogP) is 1.31. The number of methoxy groups -OCH3 is 2. The molecule has 2 rings (SSSR count). The maximum atomic E-state index is 5.77. The van der Waals surface area contributed by atoms with E-state index in [1.165, 1.54) is 0 Å². The molecular weight excluding hydrogens is 258 g/mol. The largest absolute Gasteiger partial charge is 0.496 e. The smallest absolute Gasteiger partial charge is 0.186 e. The van der Waals surface area contributed by atoms with Crippen LogP contribution in [-0.2, 0) is 10.3 Å². The Morgan fingerprint density at radius 1 is 1.30 bits per heavy atom. The molecular formula is C13H19N5O2. The fraction of sp³-hybridized carbons (Fsp3) is 0.462. The summed E-state index contributed by atoms with van der Waals surface area (Å²) in [5, 5.41) is 11.9. The summed E-state index contributed by atoms with van der Waals surface area (Å²) in [7, 11) is 3.24. The highest BCUT2D eigenvalue weighted by atomic mass is 16.5. The van der Waals surface area contributed by atoms with E-state index in [1.807, 2.05) is 19.9 Å². The molecule has 7 nitrogen and oxygen atoms in total. The average molecular weight is 277 g/mol. The van der Waals surface area contributed by atoms with E-state index >= 15 is 0 Å². The number of tetrazole rings is 1. The van der Waals surface area contributed by atoms with Gasteiger partial charge in [0.1, 0.15) is 5.75 Å². The maximum Gasteiger partial charge on any atom is 0.186 e. The number of ether oxygens (including phenoxy) is 2. The molecule has 0 saturated heterocycles. The van der Waals surface area contributed by atoms with Gasteiger partial charge in [-0.2, -0.15) is 0 Å². The third-order valence-electron chi connectivity index (χ3n) is 3.01. The van der Waals surface area contributed by atoms with Gasteiger partial charge >= 0.3 is 0 Å². The van der Waals surface area contributed by atoms with Crippen LogP contribution in [0.5, 0.6) is 5.75 Å². The van der Waals surface area contributed by atoms with Crippen molar-refractivity contribution in [3.63, 3.8) is 0 Å². The molecule has 0 aliphatic heterocycles. The lowest BCUT2D eigenvalue weighted by Crippen LogP contribution is -2.33. The molecule has 0 unspecified atom stereocenters.